The molecule has 1 aromatic rings. The Bertz CT molecular complexity index is 527. The second-order valence-electron chi connectivity index (χ2n) is 7.22. The first kappa shape index (κ1) is 16.5. The first-order chi connectivity index (χ1) is 11.1. The van der Waals surface area contributed by atoms with Crippen molar-refractivity contribution in [1.82, 2.24) is 14.7 Å². The van der Waals surface area contributed by atoms with Gasteiger partial charge in [0.05, 0.1) is 18.6 Å². The van der Waals surface area contributed by atoms with Gasteiger partial charge < -0.3 is 14.7 Å². The molecule has 2 heterocycles. The maximum Gasteiger partial charge on any atom is 0.230 e. The van der Waals surface area contributed by atoms with E-state index in [0.717, 1.165) is 38.6 Å². The van der Waals surface area contributed by atoms with Gasteiger partial charge in [0, 0.05) is 44.6 Å². The number of aliphatic hydroxyl groups is 1. The third-order valence-electron chi connectivity index (χ3n) is 5.45. The van der Waals surface area contributed by atoms with Crippen molar-refractivity contribution in [3.8, 4) is 0 Å². The number of aliphatic hydroxyl groups excluding tert-OH is 1. The molecule has 6 nitrogen and oxygen atoms in total. The summed E-state index contributed by atoms with van der Waals surface area (Å²) in [5.74, 6) is 0.239. The van der Waals surface area contributed by atoms with Gasteiger partial charge in [-0.3, -0.25) is 9.48 Å². The monoisotopic (exact) mass is 321 g/mol. The van der Waals surface area contributed by atoms with E-state index < -0.39 is 0 Å². The van der Waals surface area contributed by atoms with Crippen LogP contribution in [-0.2, 0) is 16.1 Å². The van der Waals surface area contributed by atoms with Crippen LogP contribution in [0.3, 0.4) is 0 Å². The molecule has 1 aliphatic heterocycles. The molecular weight excluding hydrogens is 294 g/mol. The van der Waals surface area contributed by atoms with Crippen molar-refractivity contribution < 1.29 is 14.6 Å². The van der Waals surface area contributed by atoms with Gasteiger partial charge in [-0.25, -0.2) is 0 Å². The number of hydrogen-bond acceptors (Lipinski definition) is 4. The van der Waals surface area contributed by atoms with Crippen LogP contribution >= 0.6 is 0 Å². The smallest absolute Gasteiger partial charge is 0.230 e. The normalized spacial score (nSPS) is 26.3. The molecule has 0 bridgehead atoms. The van der Waals surface area contributed by atoms with Crippen molar-refractivity contribution in [2.24, 2.45) is 10.8 Å². The lowest BCUT2D eigenvalue weighted by Gasteiger charge is -2.43. The van der Waals surface area contributed by atoms with Crippen LogP contribution in [0.1, 0.15) is 32.1 Å². The Kier molecular flexibility index (Phi) is 4.73. The molecule has 1 aromatic heterocycles. The number of likely N-dealkylation sites (tertiary alicyclic amines) is 1. The molecule has 1 aliphatic carbocycles. The fourth-order valence-corrected chi connectivity index (χ4v) is 3.74. The minimum atomic E-state index is -0.272. The van der Waals surface area contributed by atoms with Gasteiger partial charge in [-0.1, -0.05) is 0 Å². The average Bonchev–Trinajstić information content (AvgIpc) is 3.18. The fourth-order valence-electron chi connectivity index (χ4n) is 3.74. The SMILES string of the molecule is COCCC1(CO)CCCN(C(=O)C2(Cn3cccn3)CC2)C1. The molecule has 1 saturated carbocycles. The summed E-state index contributed by atoms with van der Waals surface area (Å²) in [5.41, 5.74) is -0.475. The summed E-state index contributed by atoms with van der Waals surface area (Å²) in [7, 11) is 1.68. The van der Waals surface area contributed by atoms with E-state index in [1.807, 2.05) is 21.8 Å². The van der Waals surface area contributed by atoms with Crippen molar-refractivity contribution in [3.63, 3.8) is 0 Å². The van der Waals surface area contributed by atoms with Crippen molar-refractivity contribution in [2.45, 2.75) is 38.6 Å². The summed E-state index contributed by atoms with van der Waals surface area (Å²) in [6.07, 6.45) is 8.26. The lowest BCUT2D eigenvalue weighted by molar-refractivity contribution is -0.142. The largest absolute Gasteiger partial charge is 0.396 e. The van der Waals surface area contributed by atoms with Crippen LogP contribution in [0.2, 0.25) is 0 Å². The number of piperidine rings is 1. The van der Waals surface area contributed by atoms with Crippen molar-refractivity contribution in [2.75, 3.05) is 33.4 Å². The number of ether oxygens (including phenoxy) is 1. The van der Waals surface area contributed by atoms with Crippen molar-refractivity contribution in [3.05, 3.63) is 18.5 Å². The van der Waals surface area contributed by atoms with Gasteiger partial charge in [-0.2, -0.15) is 5.10 Å². The Morgan fingerprint density at radius 3 is 2.83 bits per heavy atom. The highest BCUT2D eigenvalue weighted by Gasteiger charge is 2.53. The van der Waals surface area contributed by atoms with Gasteiger partial charge >= 0.3 is 0 Å². The topological polar surface area (TPSA) is 67.6 Å². The van der Waals surface area contributed by atoms with Crippen molar-refractivity contribution >= 4 is 5.91 Å². The number of hydrogen-bond donors (Lipinski definition) is 1. The lowest BCUT2D eigenvalue weighted by Crippen LogP contribution is -2.51. The maximum absolute atomic E-state index is 13.1. The quantitative estimate of drug-likeness (QED) is 0.822. The molecule has 0 spiro atoms. The Morgan fingerprint density at radius 1 is 1.39 bits per heavy atom. The molecule has 3 rings (SSSR count). The molecule has 1 saturated heterocycles. The molecule has 1 N–H and O–H groups in total. The number of nitrogens with zero attached hydrogens (tertiary/aromatic N) is 3. The minimum Gasteiger partial charge on any atom is -0.396 e. The number of carbonyl (C=O) groups is 1. The predicted octanol–water partition coefficient (Wildman–Crippen LogP) is 1.30. The zero-order valence-electron chi connectivity index (χ0n) is 13.9. The van der Waals surface area contributed by atoms with Gasteiger partial charge in [0.2, 0.25) is 5.91 Å². The fraction of sp³-hybridized carbons (Fsp3) is 0.765. The number of methoxy groups -OCH3 is 1. The lowest BCUT2D eigenvalue weighted by atomic mass is 9.77. The van der Waals surface area contributed by atoms with Crippen LogP contribution in [0.5, 0.6) is 0 Å². The molecule has 128 valence electrons. The predicted molar refractivity (Wildman–Crippen MR) is 85.7 cm³/mol. The second-order valence-corrected chi connectivity index (χ2v) is 7.22. The van der Waals surface area contributed by atoms with Crippen LogP contribution in [0, 0.1) is 10.8 Å². The van der Waals surface area contributed by atoms with Gasteiger partial charge in [0.15, 0.2) is 0 Å². The molecule has 0 radical (unpaired) electrons. The number of carbonyl (C=O) groups excluding carboxylic acids is 1. The van der Waals surface area contributed by atoms with Crippen LogP contribution in [-0.4, -0.2) is 59.1 Å². The molecule has 2 aliphatic rings. The Hall–Kier alpha value is -1.40. The zero-order valence-corrected chi connectivity index (χ0v) is 13.9. The highest BCUT2D eigenvalue weighted by molar-refractivity contribution is 5.85. The first-order valence-corrected chi connectivity index (χ1v) is 8.50. The highest BCUT2D eigenvalue weighted by Crippen LogP contribution is 2.49. The van der Waals surface area contributed by atoms with Crippen molar-refractivity contribution in [1.29, 1.82) is 0 Å². The van der Waals surface area contributed by atoms with Gasteiger partial charge in [0.25, 0.3) is 0 Å². The van der Waals surface area contributed by atoms with E-state index >= 15 is 0 Å². The molecule has 0 aromatic carbocycles. The van der Waals surface area contributed by atoms with Crippen LogP contribution in [0.15, 0.2) is 18.5 Å². The van der Waals surface area contributed by atoms with E-state index in [1.165, 1.54) is 0 Å². The third-order valence-corrected chi connectivity index (χ3v) is 5.45. The van der Waals surface area contributed by atoms with Crippen LogP contribution in [0.4, 0.5) is 0 Å². The molecule has 2 fully saturated rings. The van der Waals surface area contributed by atoms with Gasteiger partial charge in [-0.15, -0.1) is 0 Å². The molecule has 1 atom stereocenters. The second kappa shape index (κ2) is 6.61. The van der Waals surface area contributed by atoms with E-state index in [1.54, 1.807) is 13.3 Å². The summed E-state index contributed by atoms with van der Waals surface area (Å²) in [6.45, 7) is 2.85. The van der Waals surface area contributed by atoms with Gasteiger partial charge in [0.1, 0.15) is 0 Å². The summed E-state index contributed by atoms with van der Waals surface area (Å²) in [6, 6.07) is 1.89. The molecule has 6 heteroatoms. The van der Waals surface area contributed by atoms with E-state index in [4.69, 9.17) is 4.74 Å². The highest BCUT2D eigenvalue weighted by atomic mass is 16.5. The molecule has 1 unspecified atom stereocenters. The Labute approximate surface area is 137 Å². The summed E-state index contributed by atoms with van der Waals surface area (Å²) >= 11 is 0. The first-order valence-electron chi connectivity index (χ1n) is 8.50. The molecular formula is C17H27N3O3. The summed E-state index contributed by atoms with van der Waals surface area (Å²) < 4.78 is 7.05. The van der Waals surface area contributed by atoms with E-state index in [0.29, 0.717) is 19.7 Å². The van der Waals surface area contributed by atoms with E-state index in [2.05, 4.69) is 5.10 Å². The maximum atomic E-state index is 13.1. The summed E-state index contributed by atoms with van der Waals surface area (Å²) in [4.78, 5) is 15.0. The summed E-state index contributed by atoms with van der Waals surface area (Å²) in [5, 5.41) is 14.1. The average molecular weight is 321 g/mol. The Morgan fingerprint density at radius 2 is 2.22 bits per heavy atom. The zero-order chi connectivity index (χ0) is 16.3. The molecule has 23 heavy (non-hydrogen) atoms. The number of aromatic nitrogens is 2. The third kappa shape index (κ3) is 3.43. The van der Waals surface area contributed by atoms with E-state index in [-0.39, 0.29) is 23.3 Å². The van der Waals surface area contributed by atoms with Crippen LogP contribution < -0.4 is 0 Å². The Balaban J connectivity index is 1.67. The number of amides is 1. The van der Waals surface area contributed by atoms with Gasteiger partial charge in [-0.05, 0) is 38.2 Å². The van der Waals surface area contributed by atoms with Crippen LogP contribution in [0.25, 0.3) is 0 Å². The number of rotatable bonds is 7. The van der Waals surface area contributed by atoms with E-state index in [9.17, 15) is 9.90 Å². The molecule has 1 amide bonds. The standard InChI is InChI=1S/C17H27N3O3/c1-23-11-7-16(14-21)4-2-9-19(12-16)15(22)17(5-6-17)13-20-10-3-8-18-20/h3,8,10,21H,2,4-7,9,11-14H2,1H3. The minimum absolute atomic E-state index is 0.117.